The SMILES string of the molecule is COC(CN1CCOC(C)(C)C1)OC. The van der Waals surface area contributed by atoms with Crippen LogP contribution < -0.4 is 0 Å². The van der Waals surface area contributed by atoms with Crippen LogP contribution in [0, 0.1) is 0 Å². The monoisotopic (exact) mass is 203 g/mol. The van der Waals surface area contributed by atoms with Crippen LogP contribution in [0.25, 0.3) is 0 Å². The fraction of sp³-hybridized carbons (Fsp3) is 1.00. The molecule has 0 aromatic rings. The zero-order valence-corrected chi connectivity index (χ0v) is 9.58. The van der Waals surface area contributed by atoms with Gasteiger partial charge in [-0.05, 0) is 13.8 Å². The highest BCUT2D eigenvalue weighted by molar-refractivity contribution is 4.79. The van der Waals surface area contributed by atoms with Crippen molar-refractivity contribution in [3.8, 4) is 0 Å². The molecule has 0 unspecified atom stereocenters. The first-order chi connectivity index (χ1) is 6.57. The van der Waals surface area contributed by atoms with Crippen molar-refractivity contribution in [2.45, 2.75) is 25.7 Å². The molecule has 1 heterocycles. The molecule has 0 amide bonds. The van der Waals surface area contributed by atoms with Gasteiger partial charge in [-0.2, -0.15) is 0 Å². The van der Waals surface area contributed by atoms with Crippen molar-refractivity contribution in [1.82, 2.24) is 4.90 Å². The number of ether oxygens (including phenoxy) is 3. The van der Waals surface area contributed by atoms with Crippen LogP contribution in [0.5, 0.6) is 0 Å². The van der Waals surface area contributed by atoms with Gasteiger partial charge in [0, 0.05) is 33.9 Å². The Morgan fingerprint density at radius 3 is 2.50 bits per heavy atom. The van der Waals surface area contributed by atoms with E-state index in [2.05, 4.69) is 18.7 Å². The van der Waals surface area contributed by atoms with Crippen molar-refractivity contribution in [3.05, 3.63) is 0 Å². The third-order valence-corrected chi connectivity index (χ3v) is 2.44. The molecular weight excluding hydrogens is 182 g/mol. The van der Waals surface area contributed by atoms with Crippen LogP contribution in [-0.4, -0.2) is 57.3 Å². The topological polar surface area (TPSA) is 30.9 Å². The largest absolute Gasteiger partial charge is 0.373 e. The number of rotatable bonds is 4. The molecule has 1 aliphatic rings. The second-order valence-corrected chi connectivity index (χ2v) is 4.24. The van der Waals surface area contributed by atoms with E-state index in [9.17, 15) is 0 Å². The van der Waals surface area contributed by atoms with Crippen molar-refractivity contribution in [2.24, 2.45) is 0 Å². The highest BCUT2D eigenvalue weighted by atomic mass is 16.7. The van der Waals surface area contributed by atoms with E-state index >= 15 is 0 Å². The molecule has 0 aromatic carbocycles. The van der Waals surface area contributed by atoms with Gasteiger partial charge in [-0.25, -0.2) is 0 Å². The lowest BCUT2D eigenvalue weighted by Gasteiger charge is -2.39. The van der Waals surface area contributed by atoms with E-state index < -0.39 is 0 Å². The summed E-state index contributed by atoms with van der Waals surface area (Å²) in [6.07, 6.45) is -0.135. The molecule has 0 spiro atoms. The first-order valence-corrected chi connectivity index (χ1v) is 4.99. The lowest BCUT2D eigenvalue weighted by Crippen LogP contribution is -2.50. The van der Waals surface area contributed by atoms with Crippen LogP contribution in [-0.2, 0) is 14.2 Å². The fourth-order valence-electron chi connectivity index (χ4n) is 1.73. The molecule has 4 nitrogen and oxygen atoms in total. The molecule has 1 saturated heterocycles. The number of hydrogen-bond donors (Lipinski definition) is 0. The van der Waals surface area contributed by atoms with Crippen LogP contribution in [0.15, 0.2) is 0 Å². The van der Waals surface area contributed by atoms with Gasteiger partial charge in [0.25, 0.3) is 0 Å². The normalized spacial score (nSPS) is 22.9. The van der Waals surface area contributed by atoms with Gasteiger partial charge in [-0.1, -0.05) is 0 Å². The standard InChI is InChI=1S/C10H21NO3/c1-10(2)8-11(5-6-14-10)7-9(12-3)13-4/h9H,5-8H2,1-4H3. The average Bonchev–Trinajstić information content (AvgIpc) is 2.12. The van der Waals surface area contributed by atoms with Crippen molar-refractivity contribution in [2.75, 3.05) is 40.5 Å². The summed E-state index contributed by atoms with van der Waals surface area (Å²) in [7, 11) is 3.33. The Morgan fingerprint density at radius 1 is 1.36 bits per heavy atom. The molecular formula is C10H21NO3. The summed E-state index contributed by atoms with van der Waals surface area (Å²) in [6.45, 7) is 7.68. The minimum Gasteiger partial charge on any atom is -0.373 e. The Hall–Kier alpha value is -0.160. The summed E-state index contributed by atoms with van der Waals surface area (Å²) in [6, 6.07) is 0. The third kappa shape index (κ3) is 3.53. The Balaban J connectivity index is 2.37. The highest BCUT2D eigenvalue weighted by Gasteiger charge is 2.28. The second-order valence-electron chi connectivity index (χ2n) is 4.24. The average molecular weight is 203 g/mol. The van der Waals surface area contributed by atoms with E-state index in [0.29, 0.717) is 0 Å². The second kappa shape index (κ2) is 5.07. The molecule has 0 bridgehead atoms. The van der Waals surface area contributed by atoms with Crippen LogP contribution in [0.4, 0.5) is 0 Å². The fourth-order valence-corrected chi connectivity index (χ4v) is 1.73. The molecule has 0 aliphatic carbocycles. The molecule has 1 aliphatic heterocycles. The number of morpholine rings is 1. The summed E-state index contributed by atoms with van der Waals surface area (Å²) in [4.78, 5) is 2.31. The predicted molar refractivity (Wildman–Crippen MR) is 54.3 cm³/mol. The molecule has 0 atom stereocenters. The lowest BCUT2D eigenvalue weighted by atomic mass is 10.1. The van der Waals surface area contributed by atoms with Gasteiger partial charge in [0.15, 0.2) is 6.29 Å². The maximum Gasteiger partial charge on any atom is 0.169 e. The highest BCUT2D eigenvalue weighted by Crippen LogP contribution is 2.16. The van der Waals surface area contributed by atoms with Crippen molar-refractivity contribution >= 4 is 0 Å². The zero-order chi connectivity index (χ0) is 10.6. The van der Waals surface area contributed by atoms with Gasteiger partial charge in [0.05, 0.1) is 12.2 Å². The Labute approximate surface area is 86.1 Å². The summed E-state index contributed by atoms with van der Waals surface area (Å²) < 4.78 is 16.0. The van der Waals surface area contributed by atoms with Crippen molar-refractivity contribution < 1.29 is 14.2 Å². The Bertz CT molecular complexity index is 169. The predicted octanol–water partition coefficient (Wildman–Crippen LogP) is 0.716. The number of hydrogen-bond acceptors (Lipinski definition) is 4. The lowest BCUT2D eigenvalue weighted by molar-refractivity contribution is -0.144. The molecule has 0 radical (unpaired) electrons. The van der Waals surface area contributed by atoms with Gasteiger partial charge in [0.1, 0.15) is 0 Å². The minimum atomic E-state index is -0.135. The molecule has 1 fully saturated rings. The quantitative estimate of drug-likeness (QED) is 0.630. The smallest absolute Gasteiger partial charge is 0.169 e. The Morgan fingerprint density at radius 2 is 2.00 bits per heavy atom. The number of methoxy groups -OCH3 is 2. The first-order valence-electron chi connectivity index (χ1n) is 4.99. The van der Waals surface area contributed by atoms with Crippen LogP contribution in [0.2, 0.25) is 0 Å². The summed E-state index contributed by atoms with van der Waals surface area (Å²) in [5, 5.41) is 0. The van der Waals surface area contributed by atoms with Gasteiger partial charge in [-0.15, -0.1) is 0 Å². The van der Waals surface area contributed by atoms with E-state index in [-0.39, 0.29) is 11.9 Å². The van der Waals surface area contributed by atoms with E-state index in [4.69, 9.17) is 14.2 Å². The van der Waals surface area contributed by atoms with Crippen LogP contribution in [0.3, 0.4) is 0 Å². The van der Waals surface area contributed by atoms with E-state index in [1.54, 1.807) is 14.2 Å². The molecule has 1 rings (SSSR count). The van der Waals surface area contributed by atoms with Gasteiger partial charge < -0.3 is 14.2 Å². The summed E-state index contributed by atoms with van der Waals surface area (Å²) in [5.74, 6) is 0. The van der Waals surface area contributed by atoms with E-state index in [0.717, 1.165) is 26.2 Å². The molecule has 4 heteroatoms. The van der Waals surface area contributed by atoms with Gasteiger partial charge in [-0.3, -0.25) is 4.90 Å². The molecule has 0 aromatic heterocycles. The summed E-state index contributed by atoms with van der Waals surface area (Å²) in [5.41, 5.74) is -0.0513. The summed E-state index contributed by atoms with van der Waals surface area (Å²) >= 11 is 0. The van der Waals surface area contributed by atoms with Crippen molar-refractivity contribution in [3.63, 3.8) is 0 Å². The van der Waals surface area contributed by atoms with Gasteiger partial charge >= 0.3 is 0 Å². The van der Waals surface area contributed by atoms with Crippen LogP contribution in [0.1, 0.15) is 13.8 Å². The third-order valence-electron chi connectivity index (χ3n) is 2.44. The molecule has 84 valence electrons. The maximum atomic E-state index is 5.62. The zero-order valence-electron chi connectivity index (χ0n) is 9.58. The first kappa shape index (κ1) is 11.9. The Kier molecular flexibility index (Phi) is 4.31. The number of nitrogens with zero attached hydrogens (tertiary/aromatic N) is 1. The molecule has 0 saturated carbocycles. The van der Waals surface area contributed by atoms with Crippen molar-refractivity contribution in [1.29, 1.82) is 0 Å². The maximum absolute atomic E-state index is 5.62. The molecule has 0 N–H and O–H groups in total. The van der Waals surface area contributed by atoms with E-state index in [1.165, 1.54) is 0 Å². The van der Waals surface area contributed by atoms with E-state index in [1.807, 2.05) is 0 Å². The van der Waals surface area contributed by atoms with Gasteiger partial charge in [0.2, 0.25) is 0 Å². The molecule has 14 heavy (non-hydrogen) atoms. The minimum absolute atomic E-state index is 0.0513. The van der Waals surface area contributed by atoms with Crippen LogP contribution >= 0.6 is 0 Å².